The van der Waals surface area contributed by atoms with E-state index < -0.39 is 23.7 Å². The number of hydrogen-bond acceptors (Lipinski definition) is 5. The first-order valence-corrected chi connectivity index (χ1v) is 6.06. The highest BCUT2D eigenvalue weighted by atomic mass is 16.6. The van der Waals surface area contributed by atoms with Crippen molar-refractivity contribution in [3.63, 3.8) is 0 Å². The molecule has 0 heterocycles. The summed E-state index contributed by atoms with van der Waals surface area (Å²) in [6.07, 6.45) is 1.60. The van der Waals surface area contributed by atoms with E-state index in [1.807, 2.05) is 20.8 Å². The van der Waals surface area contributed by atoms with Crippen LogP contribution < -0.4 is 11.1 Å². The molecule has 0 spiro atoms. The second-order valence-corrected chi connectivity index (χ2v) is 5.05. The summed E-state index contributed by atoms with van der Waals surface area (Å²) in [7, 11) is 1.31. The Morgan fingerprint density at radius 3 is 2.39 bits per heavy atom. The maximum absolute atomic E-state index is 11.3. The molecule has 0 aromatic carbocycles. The Bertz CT molecular complexity index is 274. The van der Waals surface area contributed by atoms with E-state index in [4.69, 9.17) is 10.5 Å². The van der Waals surface area contributed by atoms with Crippen LogP contribution in [0.3, 0.4) is 0 Å². The Hall–Kier alpha value is -1.30. The molecule has 1 atom stereocenters. The van der Waals surface area contributed by atoms with Crippen molar-refractivity contribution >= 4 is 12.1 Å². The quantitative estimate of drug-likeness (QED) is 0.553. The van der Waals surface area contributed by atoms with Gasteiger partial charge in [0.25, 0.3) is 0 Å². The van der Waals surface area contributed by atoms with E-state index >= 15 is 0 Å². The van der Waals surface area contributed by atoms with Crippen molar-refractivity contribution in [1.29, 1.82) is 0 Å². The third-order valence-corrected chi connectivity index (χ3v) is 2.11. The van der Waals surface area contributed by atoms with Gasteiger partial charge in [-0.15, -0.1) is 0 Å². The van der Waals surface area contributed by atoms with Crippen LogP contribution >= 0.6 is 0 Å². The number of alkyl carbamates (subject to hydrolysis) is 1. The first kappa shape index (κ1) is 16.7. The average molecular weight is 260 g/mol. The molecule has 18 heavy (non-hydrogen) atoms. The first-order chi connectivity index (χ1) is 8.26. The largest absolute Gasteiger partial charge is 0.468 e. The summed E-state index contributed by atoms with van der Waals surface area (Å²) in [6, 6.07) is -0.587. The van der Waals surface area contributed by atoms with Crippen LogP contribution in [-0.2, 0) is 14.3 Å². The van der Waals surface area contributed by atoms with Crippen LogP contribution in [0, 0.1) is 0 Å². The zero-order valence-corrected chi connectivity index (χ0v) is 11.6. The van der Waals surface area contributed by atoms with Crippen molar-refractivity contribution < 1.29 is 19.1 Å². The first-order valence-electron chi connectivity index (χ1n) is 6.06. The van der Waals surface area contributed by atoms with E-state index in [1.165, 1.54) is 7.11 Å². The normalized spacial score (nSPS) is 12.7. The van der Waals surface area contributed by atoms with Gasteiger partial charge in [0.1, 0.15) is 11.6 Å². The number of esters is 1. The third kappa shape index (κ3) is 8.81. The van der Waals surface area contributed by atoms with Crippen molar-refractivity contribution in [3.05, 3.63) is 0 Å². The van der Waals surface area contributed by atoms with E-state index in [9.17, 15) is 9.59 Å². The average Bonchev–Trinajstić information content (AvgIpc) is 2.24. The molecule has 0 unspecified atom stereocenters. The number of rotatable bonds is 6. The fraction of sp³-hybridized carbons (Fsp3) is 0.833. The van der Waals surface area contributed by atoms with Crippen molar-refractivity contribution in [2.45, 2.75) is 51.7 Å². The van der Waals surface area contributed by atoms with Crippen LogP contribution in [0.5, 0.6) is 0 Å². The predicted molar refractivity (Wildman–Crippen MR) is 68.1 cm³/mol. The van der Waals surface area contributed by atoms with Gasteiger partial charge in [0.05, 0.1) is 7.11 Å². The van der Waals surface area contributed by atoms with Gasteiger partial charge in [-0.25, -0.2) is 4.79 Å². The number of amides is 1. The summed E-state index contributed by atoms with van der Waals surface area (Å²) >= 11 is 0. The van der Waals surface area contributed by atoms with Crippen LogP contribution in [0.15, 0.2) is 0 Å². The summed E-state index contributed by atoms with van der Waals surface area (Å²) in [5, 5.41) is 2.64. The maximum atomic E-state index is 11.3. The summed E-state index contributed by atoms with van der Waals surface area (Å²) in [5.74, 6) is -0.407. The van der Waals surface area contributed by atoms with Gasteiger partial charge >= 0.3 is 12.1 Å². The number of carbonyl (C=O) groups is 2. The summed E-state index contributed by atoms with van der Waals surface area (Å²) in [6.45, 7) is 5.93. The summed E-state index contributed by atoms with van der Waals surface area (Å²) < 4.78 is 9.58. The molecule has 0 radical (unpaired) electrons. The lowest BCUT2D eigenvalue weighted by atomic mass is 10.1. The van der Waals surface area contributed by atoms with Crippen LogP contribution in [0.4, 0.5) is 4.79 Å². The van der Waals surface area contributed by atoms with E-state index in [0.717, 1.165) is 12.8 Å². The zero-order valence-electron chi connectivity index (χ0n) is 11.6. The van der Waals surface area contributed by atoms with Crippen LogP contribution in [-0.4, -0.2) is 37.4 Å². The molecule has 0 aliphatic heterocycles. The minimum Gasteiger partial charge on any atom is -0.468 e. The molecular weight excluding hydrogens is 236 g/mol. The highest BCUT2D eigenvalue weighted by Gasteiger charge is 2.16. The highest BCUT2D eigenvalue weighted by Crippen LogP contribution is 2.06. The Kier molecular flexibility index (Phi) is 7.35. The number of nitrogens with two attached hydrogens (primary N) is 1. The van der Waals surface area contributed by atoms with Gasteiger partial charge in [0, 0.05) is 6.54 Å². The summed E-state index contributed by atoms with van der Waals surface area (Å²) in [5.41, 5.74) is 5.08. The number of nitrogens with one attached hydrogen (secondary N) is 1. The molecule has 0 fully saturated rings. The second-order valence-electron chi connectivity index (χ2n) is 5.05. The van der Waals surface area contributed by atoms with E-state index in [2.05, 4.69) is 10.1 Å². The lowest BCUT2D eigenvalue weighted by Crippen LogP contribution is -2.33. The molecule has 0 rings (SSSR count). The number of carbonyl (C=O) groups excluding carboxylic acids is 2. The highest BCUT2D eigenvalue weighted by molar-refractivity contribution is 5.75. The Balaban J connectivity index is 3.57. The molecule has 1 amide bonds. The molecule has 3 N–H and O–H groups in total. The van der Waals surface area contributed by atoms with Crippen LogP contribution in [0.25, 0.3) is 0 Å². The van der Waals surface area contributed by atoms with Crippen molar-refractivity contribution in [3.8, 4) is 0 Å². The van der Waals surface area contributed by atoms with E-state index in [-0.39, 0.29) is 0 Å². The van der Waals surface area contributed by atoms with Gasteiger partial charge in [-0.2, -0.15) is 0 Å². The van der Waals surface area contributed by atoms with Crippen molar-refractivity contribution in [2.24, 2.45) is 5.73 Å². The van der Waals surface area contributed by atoms with E-state index in [1.54, 1.807) is 0 Å². The molecule has 106 valence electrons. The third-order valence-electron chi connectivity index (χ3n) is 2.11. The summed E-state index contributed by atoms with van der Waals surface area (Å²) in [4.78, 5) is 22.3. The van der Waals surface area contributed by atoms with Gasteiger partial charge in [0.2, 0.25) is 0 Å². The lowest BCUT2D eigenvalue weighted by Gasteiger charge is -2.19. The Morgan fingerprint density at radius 2 is 1.89 bits per heavy atom. The SMILES string of the molecule is COC(=O)[C@@H](N)CCCCNC(=O)OC(C)(C)C. The second kappa shape index (κ2) is 7.92. The van der Waals surface area contributed by atoms with Gasteiger partial charge in [-0.3, -0.25) is 4.79 Å². The lowest BCUT2D eigenvalue weighted by molar-refractivity contribution is -0.142. The molecule has 0 saturated carbocycles. The molecule has 6 nitrogen and oxygen atoms in total. The molecule has 0 aromatic rings. The van der Waals surface area contributed by atoms with Gasteiger partial charge < -0.3 is 20.5 Å². The number of ether oxygens (including phenoxy) is 2. The molecule has 0 aliphatic carbocycles. The molecule has 0 aromatic heterocycles. The number of methoxy groups -OCH3 is 1. The molecule has 0 bridgehead atoms. The minimum atomic E-state index is -0.587. The molecule has 0 saturated heterocycles. The number of unbranched alkanes of at least 4 members (excludes halogenated alkanes) is 1. The maximum Gasteiger partial charge on any atom is 0.407 e. The molecule has 6 heteroatoms. The Morgan fingerprint density at radius 1 is 1.28 bits per heavy atom. The van der Waals surface area contributed by atoms with E-state index in [0.29, 0.717) is 13.0 Å². The zero-order chi connectivity index (χ0) is 14.2. The van der Waals surface area contributed by atoms with Gasteiger partial charge in [0.15, 0.2) is 0 Å². The van der Waals surface area contributed by atoms with Crippen molar-refractivity contribution in [1.82, 2.24) is 5.32 Å². The Labute approximate surface area is 108 Å². The van der Waals surface area contributed by atoms with Crippen LogP contribution in [0.2, 0.25) is 0 Å². The number of hydrogen-bond donors (Lipinski definition) is 2. The monoisotopic (exact) mass is 260 g/mol. The van der Waals surface area contributed by atoms with Gasteiger partial charge in [-0.1, -0.05) is 0 Å². The van der Waals surface area contributed by atoms with Gasteiger partial charge in [-0.05, 0) is 40.0 Å². The van der Waals surface area contributed by atoms with Crippen molar-refractivity contribution in [2.75, 3.05) is 13.7 Å². The molecular formula is C12H24N2O4. The standard InChI is InChI=1S/C12H24N2O4/c1-12(2,3)18-11(16)14-8-6-5-7-9(13)10(15)17-4/h9H,5-8,13H2,1-4H3,(H,14,16)/t9-/m0/s1. The topological polar surface area (TPSA) is 90.6 Å². The fourth-order valence-electron chi connectivity index (χ4n) is 1.26. The molecule has 0 aliphatic rings. The minimum absolute atomic E-state index is 0.407. The smallest absolute Gasteiger partial charge is 0.407 e. The fourth-order valence-corrected chi connectivity index (χ4v) is 1.26. The van der Waals surface area contributed by atoms with Crippen LogP contribution in [0.1, 0.15) is 40.0 Å². The predicted octanol–water partition coefficient (Wildman–Crippen LogP) is 1.18.